The Morgan fingerprint density at radius 2 is 1.62 bits per heavy atom. The van der Waals surface area contributed by atoms with Crippen LogP contribution < -0.4 is 10.8 Å². The van der Waals surface area contributed by atoms with Gasteiger partial charge in [-0.05, 0) is 42.5 Å². The Balaban J connectivity index is 1.57. The summed E-state index contributed by atoms with van der Waals surface area (Å²) in [6.45, 7) is 4.94. The monoisotopic (exact) mass is 440 g/mol. The van der Waals surface area contributed by atoms with E-state index in [1.54, 1.807) is 13.8 Å². The van der Waals surface area contributed by atoms with E-state index in [-0.39, 0.29) is 19.1 Å². The van der Waals surface area contributed by atoms with E-state index < -0.39 is 29.5 Å². The molecule has 0 heterocycles. The van der Waals surface area contributed by atoms with Crippen molar-refractivity contribution in [3.05, 3.63) is 59.7 Å². The minimum Gasteiger partial charge on any atom is -0.479 e. The van der Waals surface area contributed by atoms with Crippen LogP contribution in [0.2, 0.25) is 0 Å². The number of amides is 2. The number of alkyl carbamates (subject to hydrolysis) is 1. The first-order chi connectivity index (χ1) is 15.3. The van der Waals surface area contributed by atoms with Crippen molar-refractivity contribution in [1.82, 2.24) is 10.8 Å². The van der Waals surface area contributed by atoms with Crippen LogP contribution in [0.3, 0.4) is 0 Å². The van der Waals surface area contributed by atoms with Crippen LogP contribution in [0.4, 0.5) is 4.79 Å². The smallest absolute Gasteiger partial charge is 0.407 e. The predicted octanol–water partition coefficient (Wildman–Crippen LogP) is 3.46. The van der Waals surface area contributed by atoms with Crippen LogP contribution in [0.5, 0.6) is 0 Å². The van der Waals surface area contributed by atoms with Gasteiger partial charge >= 0.3 is 12.1 Å². The Morgan fingerprint density at radius 1 is 1.06 bits per heavy atom. The van der Waals surface area contributed by atoms with E-state index in [1.807, 2.05) is 36.4 Å². The minimum absolute atomic E-state index is 0.0107. The highest BCUT2D eigenvalue weighted by Gasteiger charge is 2.34. The van der Waals surface area contributed by atoms with Gasteiger partial charge in [0.05, 0.1) is 5.41 Å². The van der Waals surface area contributed by atoms with Crippen LogP contribution in [-0.2, 0) is 19.2 Å². The fraction of sp³-hybridized carbons (Fsp3) is 0.375. The molecule has 0 radical (unpaired) electrons. The van der Waals surface area contributed by atoms with Crippen LogP contribution in [0, 0.1) is 5.41 Å². The second-order valence-electron chi connectivity index (χ2n) is 8.12. The third kappa shape index (κ3) is 4.91. The number of carboxylic acids is 1. The zero-order valence-electron chi connectivity index (χ0n) is 18.4. The van der Waals surface area contributed by atoms with Gasteiger partial charge in [0.2, 0.25) is 0 Å². The first kappa shape index (κ1) is 23.3. The van der Waals surface area contributed by atoms with E-state index in [2.05, 4.69) is 22.9 Å². The van der Waals surface area contributed by atoms with E-state index >= 15 is 0 Å². The van der Waals surface area contributed by atoms with Gasteiger partial charge in [-0.1, -0.05) is 55.5 Å². The molecule has 0 fully saturated rings. The second-order valence-corrected chi connectivity index (χ2v) is 8.12. The quantitative estimate of drug-likeness (QED) is 0.515. The van der Waals surface area contributed by atoms with Gasteiger partial charge in [-0.25, -0.2) is 15.1 Å². The normalized spacial score (nSPS) is 15.1. The Morgan fingerprint density at radius 3 is 2.16 bits per heavy atom. The summed E-state index contributed by atoms with van der Waals surface area (Å²) in [5.74, 6) is -1.77. The minimum atomic E-state index is -1.19. The topological polar surface area (TPSA) is 114 Å². The average Bonchev–Trinajstić information content (AvgIpc) is 3.13. The number of hydrogen-bond acceptors (Lipinski definition) is 5. The lowest BCUT2D eigenvalue weighted by molar-refractivity contribution is -0.162. The molecule has 0 saturated heterocycles. The molecule has 2 atom stereocenters. The summed E-state index contributed by atoms with van der Waals surface area (Å²) in [6.07, 6.45) is -1.41. The molecule has 32 heavy (non-hydrogen) atoms. The summed E-state index contributed by atoms with van der Waals surface area (Å²) >= 11 is 0. The summed E-state index contributed by atoms with van der Waals surface area (Å²) in [5, 5.41) is 11.5. The van der Waals surface area contributed by atoms with Crippen molar-refractivity contribution in [2.75, 3.05) is 13.2 Å². The summed E-state index contributed by atoms with van der Waals surface area (Å²) in [7, 11) is 0. The molecule has 3 N–H and O–H groups in total. The number of hydrogen-bond donors (Lipinski definition) is 3. The molecule has 2 amide bonds. The van der Waals surface area contributed by atoms with Crippen molar-refractivity contribution in [3.63, 3.8) is 0 Å². The van der Waals surface area contributed by atoms with E-state index in [0.717, 1.165) is 22.3 Å². The van der Waals surface area contributed by atoms with Crippen LogP contribution in [0.25, 0.3) is 11.1 Å². The fourth-order valence-electron chi connectivity index (χ4n) is 3.60. The molecule has 1 aliphatic rings. The fourth-order valence-corrected chi connectivity index (χ4v) is 3.60. The van der Waals surface area contributed by atoms with E-state index in [0.29, 0.717) is 6.42 Å². The number of carbonyl (C=O) groups excluding carboxylic acids is 2. The zero-order chi connectivity index (χ0) is 23.3. The second kappa shape index (κ2) is 9.82. The zero-order valence-corrected chi connectivity index (χ0v) is 18.4. The summed E-state index contributed by atoms with van der Waals surface area (Å²) < 4.78 is 5.50. The Hall–Kier alpha value is -3.39. The molecule has 0 spiro atoms. The first-order valence-corrected chi connectivity index (χ1v) is 10.5. The molecule has 1 aliphatic carbocycles. The van der Waals surface area contributed by atoms with Crippen molar-refractivity contribution >= 4 is 18.0 Å². The maximum absolute atomic E-state index is 12.5. The number of carboxylic acid groups (broad SMARTS) is 1. The molecule has 8 heteroatoms. The highest BCUT2D eigenvalue weighted by atomic mass is 16.7. The van der Waals surface area contributed by atoms with Gasteiger partial charge in [-0.15, -0.1) is 0 Å². The molecule has 0 bridgehead atoms. The van der Waals surface area contributed by atoms with Gasteiger partial charge in [-0.2, -0.15) is 0 Å². The number of rotatable bonds is 9. The Kier molecular flexibility index (Phi) is 7.15. The van der Waals surface area contributed by atoms with E-state index in [1.165, 1.54) is 6.92 Å². The number of fused-ring (bicyclic) bond motifs is 3. The van der Waals surface area contributed by atoms with Gasteiger partial charge in [0.1, 0.15) is 6.61 Å². The lowest BCUT2D eigenvalue weighted by Crippen LogP contribution is -2.47. The maximum atomic E-state index is 12.5. The van der Waals surface area contributed by atoms with Crippen molar-refractivity contribution in [1.29, 1.82) is 0 Å². The number of ether oxygens (including phenoxy) is 1. The lowest BCUT2D eigenvalue weighted by atomic mass is 9.87. The van der Waals surface area contributed by atoms with Gasteiger partial charge in [0, 0.05) is 12.5 Å². The highest BCUT2D eigenvalue weighted by Crippen LogP contribution is 2.44. The van der Waals surface area contributed by atoms with Crippen LogP contribution in [0.15, 0.2) is 48.5 Å². The standard InChI is InChI=1S/C24H28N2O6/c1-4-24(3,22(29)26-32-15(2)21(27)28)14-25-23(30)31-13-20-18-11-7-5-9-16(18)17-10-6-8-12-19(17)20/h5-12,15,20H,4,13-14H2,1-3H3,(H,25,30)(H,26,29)(H,27,28). The number of benzene rings is 2. The molecular formula is C24H28N2O6. The molecule has 0 saturated carbocycles. The van der Waals surface area contributed by atoms with E-state index in [9.17, 15) is 14.4 Å². The summed E-state index contributed by atoms with van der Waals surface area (Å²) in [4.78, 5) is 40.5. The largest absolute Gasteiger partial charge is 0.479 e. The Bertz CT molecular complexity index is 962. The van der Waals surface area contributed by atoms with Crippen molar-refractivity contribution in [2.24, 2.45) is 5.41 Å². The van der Waals surface area contributed by atoms with Gasteiger partial charge in [-0.3, -0.25) is 9.63 Å². The van der Waals surface area contributed by atoms with E-state index in [4.69, 9.17) is 14.7 Å². The first-order valence-electron chi connectivity index (χ1n) is 10.5. The average molecular weight is 440 g/mol. The van der Waals surface area contributed by atoms with Crippen LogP contribution in [-0.4, -0.2) is 42.3 Å². The van der Waals surface area contributed by atoms with Crippen molar-refractivity contribution < 1.29 is 29.1 Å². The molecule has 2 unspecified atom stereocenters. The van der Waals surface area contributed by atoms with Gasteiger partial charge in [0.15, 0.2) is 6.10 Å². The number of carbonyl (C=O) groups is 3. The number of hydroxylamine groups is 1. The lowest BCUT2D eigenvalue weighted by Gasteiger charge is -2.27. The molecule has 0 aliphatic heterocycles. The van der Waals surface area contributed by atoms with Crippen molar-refractivity contribution in [3.8, 4) is 11.1 Å². The van der Waals surface area contributed by atoms with Crippen molar-refractivity contribution in [2.45, 2.75) is 39.2 Å². The van der Waals surface area contributed by atoms with Crippen LogP contribution >= 0.6 is 0 Å². The molecule has 2 aromatic rings. The Labute approximate surface area is 186 Å². The molecule has 2 aromatic carbocycles. The number of aliphatic carboxylic acids is 1. The van der Waals surface area contributed by atoms with Crippen LogP contribution in [0.1, 0.15) is 44.2 Å². The maximum Gasteiger partial charge on any atom is 0.407 e. The SMILES string of the molecule is CCC(C)(CNC(=O)OCC1c2ccccc2-c2ccccc21)C(=O)NOC(C)C(=O)O. The summed E-state index contributed by atoms with van der Waals surface area (Å²) in [6, 6.07) is 16.1. The predicted molar refractivity (Wildman–Crippen MR) is 118 cm³/mol. The summed E-state index contributed by atoms with van der Waals surface area (Å²) in [5.41, 5.74) is 5.68. The molecule has 170 valence electrons. The molecule has 8 nitrogen and oxygen atoms in total. The number of nitrogens with one attached hydrogen (secondary N) is 2. The third-order valence-corrected chi connectivity index (χ3v) is 5.97. The van der Waals surface area contributed by atoms with Gasteiger partial charge < -0.3 is 15.2 Å². The highest BCUT2D eigenvalue weighted by molar-refractivity contribution is 5.83. The molecule has 0 aromatic heterocycles. The third-order valence-electron chi connectivity index (χ3n) is 5.97. The molecule has 3 rings (SSSR count). The molecular weight excluding hydrogens is 412 g/mol. The van der Waals surface area contributed by atoms with Gasteiger partial charge in [0.25, 0.3) is 5.91 Å².